The molecule has 1 heterocycles. The van der Waals surface area contributed by atoms with Crippen molar-refractivity contribution in [2.24, 2.45) is 4.99 Å². The normalized spacial score (nSPS) is 18.1. The zero-order chi connectivity index (χ0) is 33.3. The summed E-state index contributed by atoms with van der Waals surface area (Å²) in [6, 6.07) is 36.3. The van der Waals surface area contributed by atoms with Gasteiger partial charge in [-0.2, -0.15) is 0 Å². The standard InChI is InChI=1S/C39H31BrCl2N2O4/c40-26-14-10-24(11-15-26)23-39(38(46)43-35-31-8-3-1-6-29(31)30-7-2-4-9-32(30)35)36(33-19-16-27(41)22-34(33)42)48-37(44-39)25-12-17-28(18-13-25)47-21-5-20-45/h1-4,6-19,22,35-36,45H,5,20-21,23H2,(H,43,46)/t36-,39-/m1/s1. The minimum atomic E-state index is -1.45. The number of halogens is 3. The molecule has 48 heavy (non-hydrogen) atoms. The Balaban J connectivity index is 1.35. The van der Waals surface area contributed by atoms with E-state index in [4.69, 9.17) is 42.8 Å². The van der Waals surface area contributed by atoms with E-state index in [2.05, 4.69) is 45.5 Å². The Morgan fingerprint density at radius 2 is 1.54 bits per heavy atom. The predicted molar refractivity (Wildman–Crippen MR) is 193 cm³/mol. The van der Waals surface area contributed by atoms with Crippen molar-refractivity contribution in [3.8, 4) is 16.9 Å². The van der Waals surface area contributed by atoms with E-state index < -0.39 is 11.6 Å². The third-order valence-corrected chi connectivity index (χ3v) is 9.86. The average Bonchev–Trinajstić information content (AvgIpc) is 3.63. The second-order valence-electron chi connectivity index (χ2n) is 11.8. The molecule has 0 unspecified atom stereocenters. The highest BCUT2D eigenvalue weighted by molar-refractivity contribution is 9.10. The van der Waals surface area contributed by atoms with Crippen LogP contribution in [0.4, 0.5) is 0 Å². The Morgan fingerprint density at radius 1 is 0.875 bits per heavy atom. The maximum atomic E-state index is 15.1. The molecule has 2 atom stereocenters. The Hall–Kier alpha value is -4.14. The van der Waals surface area contributed by atoms with Gasteiger partial charge in [-0.15, -0.1) is 0 Å². The number of nitrogens with zero attached hydrogens (tertiary/aromatic N) is 1. The molecule has 0 saturated heterocycles. The third kappa shape index (κ3) is 6.24. The molecule has 7 rings (SSSR count). The summed E-state index contributed by atoms with van der Waals surface area (Å²) in [5.74, 6) is 0.671. The van der Waals surface area contributed by atoms with Crippen LogP contribution in [0.25, 0.3) is 11.1 Å². The lowest BCUT2D eigenvalue weighted by atomic mass is 9.81. The van der Waals surface area contributed by atoms with Gasteiger partial charge in [-0.25, -0.2) is 4.99 Å². The van der Waals surface area contributed by atoms with Gasteiger partial charge in [-0.05, 0) is 76.3 Å². The van der Waals surface area contributed by atoms with Gasteiger partial charge in [0, 0.05) is 45.1 Å². The van der Waals surface area contributed by atoms with Gasteiger partial charge in [0.15, 0.2) is 11.6 Å². The largest absolute Gasteiger partial charge is 0.494 e. The first-order valence-corrected chi connectivity index (χ1v) is 17.2. The molecule has 0 saturated carbocycles. The number of carbonyl (C=O) groups excluding carboxylic acids is 1. The van der Waals surface area contributed by atoms with Gasteiger partial charge in [-0.3, -0.25) is 4.79 Å². The quantitative estimate of drug-likeness (QED) is 0.140. The van der Waals surface area contributed by atoms with Gasteiger partial charge in [0.1, 0.15) is 5.75 Å². The van der Waals surface area contributed by atoms with E-state index in [1.165, 1.54) is 0 Å². The van der Waals surface area contributed by atoms with Gasteiger partial charge >= 0.3 is 0 Å². The molecule has 1 aliphatic carbocycles. The molecule has 6 nitrogen and oxygen atoms in total. The Bertz CT molecular complexity index is 1960. The van der Waals surface area contributed by atoms with Crippen molar-refractivity contribution < 1.29 is 19.4 Å². The van der Waals surface area contributed by atoms with Crippen LogP contribution in [0.3, 0.4) is 0 Å². The molecule has 2 aliphatic rings. The number of carbonyl (C=O) groups is 1. The van der Waals surface area contributed by atoms with E-state index in [-0.39, 0.29) is 25.0 Å². The second-order valence-corrected chi connectivity index (χ2v) is 13.6. The molecule has 5 aromatic rings. The third-order valence-electron chi connectivity index (χ3n) is 8.77. The van der Waals surface area contributed by atoms with Gasteiger partial charge < -0.3 is 19.9 Å². The number of amides is 1. The van der Waals surface area contributed by atoms with Crippen molar-refractivity contribution >= 4 is 50.9 Å². The van der Waals surface area contributed by atoms with Gasteiger partial charge in [0.25, 0.3) is 5.91 Å². The lowest BCUT2D eigenvalue weighted by molar-refractivity contribution is -0.129. The van der Waals surface area contributed by atoms with Crippen LogP contribution in [0.1, 0.15) is 46.4 Å². The number of aliphatic imine (C=N–C) groups is 1. The van der Waals surface area contributed by atoms with E-state index >= 15 is 4.79 Å². The van der Waals surface area contributed by atoms with Gasteiger partial charge in [-0.1, -0.05) is 106 Å². The molecule has 0 aromatic heterocycles. The highest BCUT2D eigenvalue weighted by Gasteiger charge is 2.54. The molecule has 5 aromatic carbocycles. The molecule has 2 N–H and O–H groups in total. The maximum absolute atomic E-state index is 15.1. The summed E-state index contributed by atoms with van der Waals surface area (Å²) >= 11 is 16.7. The summed E-state index contributed by atoms with van der Waals surface area (Å²) in [5, 5.41) is 13.4. The minimum absolute atomic E-state index is 0.0535. The highest BCUT2D eigenvalue weighted by Crippen LogP contribution is 2.47. The Labute approximate surface area is 297 Å². The number of aliphatic hydroxyl groups excluding tert-OH is 1. The molecule has 0 spiro atoms. The van der Waals surface area contributed by atoms with Crippen molar-refractivity contribution in [3.63, 3.8) is 0 Å². The van der Waals surface area contributed by atoms with Crippen LogP contribution in [-0.4, -0.2) is 35.7 Å². The Morgan fingerprint density at radius 3 is 2.19 bits per heavy atom. The maximum Gasteiger partial charge on any atom is 0.253 e. The van der Waals surface area contributed by atoms with Crippen molar-refractivity contribution in [2.45, 2.75) is 30.5 Å². The summed E-state index contributed by atoms with van der Waals surface area (Å²) in [7, 11) is 0. The van der Waals surface area contributed by atoms with Crippen LogP contribution in [-0.2, 0) is 16.0 Å². The average molecular weight is 742 g/mol. The molecular formula is C39H31BrCl2N2O4. The van der Waals surface area contributed by atoms with Crippen LogP contribution >= 0.6 is 39.1 Å². The fourth-order valence-electron chi connectivity index (χ4n) is 6.45. The molecule has 242 valence electrons. The van der Waals surface area contributed by atoms with Crippen LogP contribution in [0.15, 0.2) is 125 Å². The van der Waals surface area contributed by atoms with Crippen molar-refractivity contribution in [2.75, 3.05) is 13.2 Å². The zero-order valence-electron chi connectivity index (χ0n) is 25.7. The number of rotatable bonds is 10. The number of nitrogens with one attached hydrogen (secondary N) is 1. The molecule has 0 bridgehead atoms. The van der Waals surface area contributed by atoms with Gasteiger partial charge in [0.05, 0.1) is 12.6 Å². The number of fused-ring (bicyclic) bond motifs is 3. The molecule has 0 radical (unpaired) electrons. The van der Waals surface area contributed by atoms with Crippen LogP contribution in [0, 0.1) is 0 Å². The minimum Gasteiger partial charge on any atom is -0.494 e. The topological polar surface area (TPSA) is 80.2 Å². The molecule has 9 heteroatoms. The summed E-state index contributed by atoms with van der Waals surface area (Å²) in [4.78, 5) is 20.3. The zero-order valence-corrected chi connectivity index (χ0v) is 28.8. The first kappa shape index (κ1) is 32.4. The first-order chi connectivity index (χ1) is 23.4. The van der Waals surface area contributed by atoms with Gasteiger partial charge in [0.2, 0.25) is 5.90 Å². The summed E-state index contributed by atoms with van der Waals surface area (Å²) in [6.45, 7) is 0.451. The molecule has 0 fully saturated rings. The number of hydrogen-bond donors (Lipinski definition) is 2. The number of ether oxygens (including phenoxy) is 2. The van der Waals surface area contributed by atoms with Crippen LogP contribution in [0.2, 0.25) is 10.0 Å². The van der Waals surface area contributed by atoms with E-state index in [0.717, 1.165) is 32.3 Å². The van der Waals surface area contributed by atoms with Crippen LogP contribution in [0.5, 0.6) is 5.75 Å². The monoisotopic (exact) mass is 740 g/mol. The SMILES string of the molecule is O=C(NC1c2ccccc2-c2ccccc21)[C@]1(Cc2ccc(Br)cc2)N=C(c2ccc(OCCCO)cc2)O[C@@H]1c1ccc(Cl)cc1Cl. The van der Waals surface area contributed by atoms with E-state index in [1.54, 1.807) is 18.2 Å². The van der Waals surface area contributed by atoms with E-state index in [1.807, 2.05) is 72.8 Å². The molecular weight excluding hydrogens is 711 g/mol. The fourth-order valence-corrected chi connectivity index (χ4v) is 7.23. The van der Waals surface area contributed by atoms with Crippen molar-refractivity contribution in [3.05, 3.63) is 158 Å². The molecule has 1 aliphatic heterocycles. The number of hydrogen-bond acceptors (Lipinski definition) is 5. The lowest BCUT2D eigenvalue weighted by Gasteiger charge is -2.32. The van der Waals surface area contributed by atoms with E-state index in [0.29, 0.717) is 45.8 Å². The number of aliphatic hydroxyl groups is 1. The second kappa shape index (κ2) is 13.8. The van der Waals surface area contributed by atoms with Crippen molar-refractivity contribution in [1.82, 2.24) is 5.32 Å². The summed E-state index contributed by atoms with van der Waals surface area (Å²) in [5.41, 5.74) is 4.95. The fraction of sp³-hybridized carbons (Fsp3) is 0.179. The first-order valence-electron chi connectivity index (χ1n) is 15.7. The number of benzene rings is 5. The Kier molecular flexibility index (Phi) is 9.30. The van der Waals surface area contributed by atoms with Crippen molar-refractivity contribution in [1.29, 1.82) is 0 Å². The smallest absolute Gasteiger partial charge is 0.253 e. The molecule has 1 amide bonds. The van der Waals surface area contributed by atoms with E-state index in [9.17, 15) is 0 Å². The van der Waals surface area contributed by atoms with Crippen LogP contribution < -0.4 is 10.1 Å². The highest BCUT2D eigenvalue weighted by atomic mass is 79.9. The summed E-state index contributed by atoms with van der Waals surface area (Å²) in [6.07, 6.45) is -0.115. The predicted octanol–water partition coefficient (Wildman–Crippen LogP) is 8.90. The lowest BCUT2D eigenvalue weighted by Crippen LogP contribution is -2.50. The summed E-state index contributed by atoms with van der Waals surface area (Å²) < 4.78 is 13.4.